The predicted molar refractivity (Wildman–Crippen MR) is 69.8 cm³/mol. The van der Waals surface area contributed by atoms with Crippen LogP contribution in [0.3, 0.4) is 0 Å². The molecule has 1 rings (SSSR count). The number of likely N-dealkylation sites (N-methyl/N-ethyl adjacent to an activating group) is 1. The molecule has 0 aliphatic carbocycles. The molecule has 1 heterocycles. The van der Waals surface area contributed by atoms with Crippen molar-refractivity contribution >= 4 is 11.3 Å². The lowest BCUT2D eigenvalue weighted by Crippen LogP contribution is -2.32. The van der Waals surface area contributed by atoms with Gasteiger partial charge >= 0.3 is 0 Å². The lowest BCUT2D eigenvalue weighted by molar-refractivity contribution is 0.151. The highest BCUT2D eigenvalue weighted by atomic mass is 32.1. The summed E-state index contributed by atoms with van der Waals surface area (Å²) >= 11 is 1.76. The van der Waals surface area contributed by atoms with Crippen LogP contribution in [0.1, 0.15) is 29.8 Å². The molecule has 0 aliphatic heterocycles. The van der Waals surface area contributed by atoms with E-state index in [9.17, 15) is 5.11 Å². The largest absolute Gasteiger partial charge is 0.393 e. The minimum absolute atomic E-state index is 0.245. The fourth-order valence-corrected chi connectivity index (χ4v) is 2.87. The molecular weight excluding hydrogens is 220 g/mol. The van der Waals surface area contributed by atoms with Gasteiger partial charge in [-0.25, -0.2) is 0 Å². The van der Waals surface area contributed by atoms with E-state index in [-0.39, 0.29) is 12.1 Å². The second-order valence-electron chi connectivity index (χ2n) is 4.34. The third-order valence-corrected chi connectivity index (χ3v) is 3.98. The van der Waals surface area contributed by atoms with Crippen LogP contribution in [0.25, 0.3) is 0 Å². The smallest absolute Gasteiger partial charge is 0.0564 e. The van der Waals surface area contributed by atoms with Gasteiger partial charge in [-0.1, -0.05) is 0 Å². The number of nitrogens with zero attached hydrogens (tertiary/aromatic N) is 1. The van der Waals surface area contributed by atoms with Crippen molar-refractivity contribution in [1.82, 2.24) is 4.90 Å². The molecule has 2 unspecified atom stereocenters. The van der Waals surface area contributed by atoms with Crippen LogP contribution in [-0.2, 0) is 0 Å². The summed E-state index contributed by atoms with van der Waals surface area (Å²) in [6, 6.07) is 2.41. The molecule has 0 fully saturated rings. The summed E-state index contributed by atoms with van der Waals surface area (Å²) in [5, 5.41) is 11.4. The van der Waals surface area contributed by atoms with E-state index in [1.807, 2.05) is 6.92 Å². The Balaban J connectivity index is 2.64. The molecule has 0 saturated heterocycles. The average Bonchev–Trinajstić information content (AvgIpc) is 2.63. The minimum atomic E-state index is -0.245. The lowest BCUT2D eigenvalue weighted by atomic mass is 10.1. The highest BCUT2D eigenvalue weighted by Crippen LogP contribution is 2.27. The SMILES string of the molecule is Cc1ccsc1C(CN)N(C)CCC(C)O. The normalized spacial score (nSPS) is 15.4. The van der Waals surface area contributed by atoms with Gasteiger partial charge in [0, 0.05) is 18.0 Å². The maximum atomic E-state index is 9.29. The van der Waals surface area contributed by atoms with E-state index in [4.69, 9.17) is 5.73 Å². The van der Waals surface area contributed by atoms with Gasteiger partial charge in [0.05, 0.1) is 12.1 Å². The number of hydrogen-bond donors (Lipinski definition) is 2. The molecule has 0 saturated carbocycles. The molecule has 0 amide bonds. The number of nitrogens with two attached hydrogens (primary N) is 1. The Labute approximate surface area is 102 Å². The van der Waals surface area contributed by atoms with Gasteiger partial charge in [-0.05, 0) is 44.3 Å². The molecular formula is C12H22N2OS. The van der Waals surface area contributed by atoms with Crippen LogP contribution >= 0.6 is 11.3 Å². The van der Waals surface area contributed by atoms with E-state index >= 15 is 0 Å². The van der Waals surface area contributed by atoms with E-state index in [1.54, 1.807) is 11.3 Å². The van der Waals surface area contributed by atoms with Crippen molar-refractivity contribution in [1.29, 1.82) is 0 Å². The molecule has 3 N–H and O–H groups in total. The first-order valence-electron chi connectivity index (χ1n) is 5.68. The van der Waals surface area contributed by atoms with Gasteiger partial charge in [0.25, 0.3) is 0 Å². The van der Waals surface area contributed by atoms with Crippen LogP contribution in [0.15, 0.2) is 11.4 Å². The zero-order valence-electron chi connectivity index (χ0n) is 10.3. The molecule has 0 aromatic carbocycles. The van der Waals surface area contributed by atoms with Crippen molar-refractivity contribution in [3.63, 3.8) is 0 Å². The maximum absolute atomic E-state index is 9.29. The molecule has 1 aromatic heterocycles. The molecule has 0 spiro atoms. The van der Waals surface area contributed by atoms with Crippen LogP contribution in [0.4, 0.5) is 0 Å². The fourth-order valence-electron chi connectivity index (χ4n) is 1.76. The quantitative estimate of drug-likeness (QED) is 0.799. The van der Waals surface area contributed by atoms with Gasteiger partial charge in [-0.2, -0.15) is 0 Å². The van der Waals surface area contributed by atoms with Crippen molar-refractivity contribution in [2.75, 3.05) is 20.1 Å². The molecule has 3 nitrogen and oxygen atoms in total. The number of aliphatic hydroxyl groups excluding tert-OH is 1. The van der Waals surface area contributed by atoms with Crippen LogP contribution in [-0.4, -0.2) is 36.2 Å². The van der Waals surface area contributed by atoms with Gasteiger partial charge in [-0.3, -0.25) is 4.90 Å². The van der Waals surface area contributed by atoms with Crippen molar-refractivity contribution in [3.05, 3.63) is 21.9 Å². The standard InChI is InChI=1S/C12H22N2OS/c1-9-5-7-16-12(9)11(8-13)14(3)6-4-10(2)15/h5,7,10-11,15H,4,6,8,13H2,1-3H3. The zero-order valence-corrected chi connectivity index (χ0v) is 11.1. The molecule has 16 heavy (non-hydrogen) atoms. The van der Waals surface area contributed by atoms with E-state index in [0.29, 0.717) is 6.54 Å². The van der Waals surface area contributed by atoms with E-state index in [2.05, 4.69) is 30.3 Å². The Kier molecular flexibility index (Phi) is 5.41. The van der Waals surface area contributed by atoms with Crippen molar-refractivity contribution in [2.45, 2.75) is 32.4 Å². The minimum Gasteiger partial charge on any atom is -0.393 e. The Hall–Kier alpha value is -0.420. The molecule has 92 valence electrons. The highest BCUT2D eigenvalue weighted by Gasteiger charge is 2.18. The Bertz CT molecular complexity index is 312. The summed E-state index contributed by atoms with van der Waals surface area (Å²) in [6.07, 6.45) is 0.544. The maximum Gasteiger partial charge on any atom is 0.0564 e. The zero-order chi connectivity index (χ0) is 12.1. The van der Waals surface area contributed by atoms with Gasteiger partial charge in [0.15, 0.2) is 0 Å². The summed E-state index contributed by atoms with van der Waals surface area (Å²) in [6.45, 7) is 5.44. The van der Waals surface area contributed by atoms with E-state index in [0.717, 1.165) is 13.0 Å². The van der Waals surface area contributed by atoms with E-state index in [1.165, 1.54) is 10.4 Å². The van der Waals surface area contributed by atoms with Crippen LogP contribution in [0, 0.1) is 6.92 Å². The van der Waals surface area contributed by atoms with Gasteiger partial charge in [-0.15, -0.1) is 11.3 Å². The Morgan fingerprint density at radius 1 is 1.56 bits per heavy atom. The first kappa shape index (κ1) is 13.6. The van der Waals surface area contributed by atoms with E-state index < -0.39 is 0 Å². The summed E-state index contributed by atoms with van der Waals surface area (Å²) in [5.41, 5.74) is 7.15. The second-order valence-corrected chi connectivity index (χ2v) is 5.29. The van der Waals surface area contributed by atoms with Crippen molar-refractivity contribution in [3.8, 4) is 0 Å². The van der Waals surface area contributed by atoms with Crippen LogP contribution < -0.4 is 5.73 Å². The number of aryl methyl sites for hydroxylation is 1. The van der Waals surface area contributed by atoms with Crippen molar-refractivity contribution < 1.29 is 5.11 Å². The molecule has 0 radical (unpaired) electrons. The highest BCUT2D eigenvalue weighted by molar-refractivity contribution is 7.10. The summed E-state index contributed by atoms with van der Waals surface area (Å²) < 4.78 is 0. The monoisotopic (exact) mass is 242 g/mol. The lowest BCUT2D eigenvalue weighted by Gasteiger charge is -2.27. The van der Waals surface area contributed by atoms with Crippen LogP contribution in [0.5, 0.6) is 0 Å². The summed E-state index contributed by atoms with van der Waals surface area (Å²) in [7, 11) is 2.07. The fraction of sp³-hybridized carbons (Fsp3) is 0.667. The first-order chi connectivity index (χ1) is 7.56. The topological polar surface area (TPSA) is 49.5 Å². The van der Waals surface area contributed by atoms with Gasteiger partial charge < -0.3 is 10.8 Å². The molecule has 0 bridgehead atoms. The average molecular weight is 242 g/mol. The summed E-state index contributed by atoms with van der Waals surface area (Å²) in [5.74, 6) is 0. The van der Waals surface area contributed by atoms with Gasteiger partial charge in [0.2, 0.25) is 0 Å². The molecule has 4 heteroatoms. The Morgan fingerprint density at radius 3 is 2.69 bits per heavy atom. The number of hydrogen-bond acceptors (Lipinski definition) is 4. The number of aliphatic hydroxyl groups is 1. The molecule has 1 aromatic rings. The molecule has 0 aliphatic rings. The third-order valence-electron chi connectivity index (χ3n) is 2.86. The first-order valence-corrected chi connectivity index (χ1v) is 6.56. The Morgan fingerprint density at radius 2 is 2.25 bits per heavy atom. The second kappa shape index (κ2) is 6.35. The number of rotatable bonds is 6. The van der Waals surface area contributed by atoms with Crippen LogP contribution in [0.2, 0.25) is 0 Å². The summed E-state index contributed by atoms with van der Waals surface area (Å²) in [4.78, 5) is 3.57. The number of thiophene rings is 1. The predicted octanol–water partition coefficient (Wildman–Crippen LogP) is 1.76. The van der Waals surface area contributed by atoms with Gasteiger partial charge in [0.1, 0.15) is 0 Å². The third kappa shape index (κ3) is 3.56. The van der Waals surface area contributed by atoms with Crippen molar-refractivity contribution in [2.24, 2.45) is 5.73 Å². The molecule has 2 atom stereocenters.